The molecule has 3 N–H and O–H groups in total. The summed E-state index contributed by atoms with van der Waals surface area (Å²) in [6, 6.07) is 1.06. The number of hydrogen-bond acceptors (Lipinski definition) is 6. The summed E-state index contributed by atoms with van der Waals surface area (Å²) in [5, 5.41) is 11.6. The fourth-order valence-electron chi connectivity index (χ4n) is 1.91. The van der Waals surface area contributed by atoms with Crippen molar-refractivity contribution in [1.82, 2.24) is 20.7 Å². The molecule has 2 rings (SSSR count). The first kappa shape index (κ1) is 15.0. The third-order valence-corrected chi connectivity index (χ3v) is 2.96. The standard InChI is InChI=1S/C12H17N5O4/c1-7-3-9(16-21-7)15-11(19)6-17(2)12(20)8-4-14-10(18)5-13-8/h3,8,13H,4-6H2,1-2H3,(H,14,18)(H,15,16,19). The molecule has 9 nitrogen and oxygen atoms in total. The van der Waals surface area contributed by atoms with E-state index in [0.29, 0.717) is 11.6 Å². The molecule has 1 fully saturated rings. The number of anilines is 1. The van der Waals surface area contributed by atoms with E-state index in [-0.39, 0.29) is 37.4 Å². The summed E-state index contributed by atoms with van der Waals surface area (Å²) in [6.45, 7) is 1.90. The van der Waals surface area contributed by atoms with E-state index in [9.17, 15) is 14.4 Å². The van der Waals surface area contributed by atoms with Crippen molar-refractivity contribution in [3.63, 3.8) is 0 Å². The number of carbonyl (C=O) groups excluding carboxylic acids is 3. The Kier molecular flexibility index (Phi) is 4.53. The first-order chi connectivity index (χ1) is 9.95. The lowest BCUT2D eigenvalue weighted by Gasteiger charge is -2.27. The van der Waals surface area contributed by atoms with Gasteiger partial charge < -0.3 is 20.1 Å². The van der Waals surface area contributed by atoms with Crippen LogP contribution in [0.4, 0.5) is 5.82 Å². The number of piperazine rings is 1. The van der Waals surface area contributed by atoms with E-state index in [4.69, 9.17) is 4.52 Å². The van der Waals surface area contributed by atoms with Crippen molar-refractivity contribution in [1.29, 1.82) is 0 Å². The lowest BCUT2D eigenvalue weighted by molar-refractivity contribution is -0.136. The number of nitrogens with one attached hydrogen (secondary N) is 3. The average Bonchev–Trinajstić information content (AvgIpc) is 2.83. The zero-order valence-electron chi connectivity index (χ0n) is 11.8. The molecular weight excluding hydrogens is 278 g/mol. The lowest BCUT2D eigenvalue weighted by Crippen LogP contribution is -2.58. The number of nitrogens with zero attached hydrogens (tertiary/aromatic N) is 2. The Balaban J connectivity index is 1.82. The molecule has 1 saturated heterocycles. The van der Waals surface area contributed by atoms with Crippen molar-refractivity contribution in [2.75, 3.05) is 32.0 Å². The number of likely N-dealkylation sites (N-methyl/N-ethyl adjacent to an activating group) is 1. The number of hydrogen-bond donors (Lipinski definition) is 3. The summed E-state index contributed by atoms with van der Waals surface area (Å²) in [5.41, 5.74) is 0. The van der Waals surface area contributed by atoms with E-state index in [1.807, 2.05) is 0 Å². The quantitative estimate of drug-likeness (QED) is 0.620. The average molecular weight is 295 g/mol. The second-order valence-electron chi connectivity index (χ2n) is 4.80. The second kappa shape index (κ2) is 6.35. The minimum absolute atomic E-state index is 0.0919. The van der Waals surface area contributed by atoms with Crippen LogP contribution in [0.5, 0.6) is 0 Å². The molecule has 1 unspecified atom stereocenters. The zero-order chi connectivity index (χ0) is 15.4. The molecule has 1 aromatic heterocycles. The summed E-state index contributed by atoms with van der Waals surface area (Å²) < 4.78 is 4.83. The van der Waals surface area contributed by atoms with Gasteiger partial charge in [0, 0.05) is 19.7 Å². The highest BCUT2D eigenvalue weighted by molar-refractivity contribution is 5.95. The van der Waals surface area contributed by atoms with E-state index in [1.165, 1.54) is 11.9 Å². The van der Waals surface area contributed by atoms with Crippen molar-refractivity contribution in [2.45, 2.75) is 13.0 Å². The van der Waals surface area contributed by atoms with Crippen LogP contribution in [0.15, 0.2) is 10.6 Å². The van der Waals surface area contributed by atoms with E-state index in [1.54, 1.807) is 13.0 Å². The molecule has 3 amide bonds. The smallest absolute Gasteiger partial charge is 0.245 e. The van der Waals surface area contributed by atoms with Gasteiger partial charge in [-0.3, -0.25) is 19.7 Å². The molecule has 9 heteroatoms. The fraction of sp³-hybridized carbons (Fsp3) is 0.500. The van der Waals surface area contributed by atoms with Crippen LogP contribution in [0.3, 0.4) is 0 Å². The van der Waals surface area contributed by atoms with Crippen molar-refractivity contribution in [2.24, 2.45) is 0 Å². The Labute approximate surface area is 121 Å². The largest absolute Gasteiger partial charge is 0.360 e. The molecule has 1 aliphatic rings. The Morgan fingerprint density at radius 3 is 2.90 bits per heavy atom. The first-order valence-corrected chi connectivity index (χ1v) is 6.44. The van der Waals surface area contributed by atoms with Crippen LogP contribution in [-0.2, 0) is 14.4 Å². The molecule has 21 heavy (non-hydrogen) atoms. The molecule has 0 bridgehead atoms. The summed E-state index contributed by atoms with van der Waals surface area (Å²) >= 11 is 0. The molecule has 2 heterocycles. The maximum absolute atomic E-state index is 12.1. The van der Waals surface area contributed by atoms with Crippen molar-refractivity contribution < 1.29 is 18.9 Å². The first-order valence-electron chi connectivity index (χ1n) is 6.44. The van der Waals surface area contributed by atoms with Gasteiger partial charge in [0.15, 0.2) is 5.82 Å². The molecule has 0 aromatic carbocycles. The van der Waals surface area contributed by atoms with E-state index in [0.717, 1.165) is 0 Å². The Morgan fingerprint density at radius 1 is 1.57 bits per heavy atom. The molecular formula is C12H17N5O4. The summed E-state index contributed by atoms with van der Waals surface area (Å²) in [6.07, 6.45) is 0. The van der Waals surface area contributed by atoms with Crippen LogP contribution < -0.4 is 16.0 Å². The van der Waals surface area contributed by atoms with Crippen LogP contribution in [0.1, 0.15) is 5.76 Å². The number of aryl methyl sites for hydroxylation is 1. The summed E-state index contributed by atoms with van der Waals surface area (Å²) in [5.74, 6) is 0.0969. The lowest BCUT2D eigenvalue weighted by atomic mass is 10.2. The number of rotatable bonds is 4. The topological polar surface area (TPSA) is 117 Å². The minimum Gasteiger partial charge on any atom is -0.360 e. The van der Waals surface area contributed by atoms with Crippen LogP contribution in [0.2, 0.25) is 0 Å². The molecule has 1 aliphatic heterocycles. The third kappa shape index (κ3) is 4.02. The van der Waals surface area contributed by atoms with Gasteiger partial charge in [-0.1, -0.05) is 5.16 Å². The molecule has 114 valence electrons. The second-order valence-corrected chi connectivity index (χ2v) is 4.80. The van der Waals surface area contributed by atoms with Gasteiger partial charge in [0.2, 0.25) is 17.7 Å². The number of amides is 3. The Morgan fingerprint density at radius 2 is 2.33 bits per heavy atom. The zero-order valence-corrected chi connectivity index (χ0v) is 11.8. The van der Waals surface area contributed by atoms with Crippen LogP contribution in [-0.4, -0.2) is 60.5 Å². The number of aromatic nitrogens is 1. The van der Waals surface area contributed by atoms with Crippen LogP contribution in [0.25, 0.3) is 0 Å². The van der Waals surface area contributed by atoms with E-state index < -0.39 is 6.04 Å². The molecule has 0 spiro atoms. The molecule has 1 atom stereocenters. The maximum Gasteiger partial charge on any atom is 0.245 e. The van der Waals surface area contributed by atoms with Crippen molar-refractivity contribution in [3.8, 4) is 0 Å². The summed E-state index contributed by atoms with van der Waals surface area (Å²) in [4.78, 5) is 36.2. The molecule has 0 radical (unpaired) electrons. The van der Waals surface area contributed by atoms with Gasteiger partial charge in [-0.15, -0.1) is 0 Å². The van der Waals surface area contributed by atoms with Gasteiger partial charge in [-0.2, -0.15) is 0 Å². The molecule has 0 aliphatic carbocycles. The Hall–Kier alpha value is -2.42. The number of carbonyl (C=O) groups is 3. The highest BCUT2D eigenvalue weighted by Gasteiger charge is 2.27. The third-order valence-electron chi connectivity index (χ3n) is 2.96. The van der Waals surface area contributed by atoms with Gasteiger partial charge in [-0.25, -0.2) is 0 Å². The maximum atomic E-state index is 12.1. The van der Waals surface area contributed by atoms with Gasteiger partial charge >= 0.3 is 0 Å². The molecule has 0 saturated carbocycles. The van der Waals surface area contributed by atoms with Crippen LogP contribution >= 0.6 is 0 Å². The minimum atomic E-state index is -0.519. The van der Waals surface area contributed by atoms with Gasteiger partial charge in [-0.05, 0) is 6.92 Å². The van der Waals surface area contributed by atoms with Crippen molar-refractivity contribution >= 4 is 23.5 Å². The summed E-state index contributed by atoms with van der Waals surface area (Å²) in [7, 11) is 1.52. The normalized spacial score (nSPS) is 18.0. The van der Waals surface area contributed by atoms with Gasteiger partial charge in [0.25, 0.3) is 0 Å². The SMILES string of the molecule is Cc1cc(NC(=O)CN(C)C(=O)C2CNC(=O)CN2)no1. The fourth-order valence-corrected chi connectivity index (χ4v) is 1.91. The van der Waals surface area contributed by atoms with Crippen molar-refractivity contribution in [3.05, 3.63) is 11.8 Å². The van der Waals surface area contributed by atoms with E-state index in [2.05, 4.69) is 21.1 Å². The molecule has 1 aromatic rings. The highest BCUT2D eigenvalue weighted by atomic mass is 16.5. The Bertz CT molecular complexity index is 546. The van der Waals surface area contributed by atoms with E-state index >= 15 is 0 Å². The predicted molar refractivity (Wildman–Crippen MR) is 72.3 cm³/mol. The van der Waals surface area contributed by atoms with Gasteiger partial charge in [0.1, 0.15) is 11.8 Å². The predicted octanol–water partition coefficient (Wildman–Crippen LogP) is -1.53. The van der Waals surface area contributed by atoms with Crippen LogP contribution in [0, 0.1) is 6.92 Å². The monoisotopic (exact) mass is 295 g/mol. The van der Waals surface area contributed by atoms with Gasteiger partial charge in [0.05, 0.1) is 13.1 Å². The highest BCUT2D eigenvalue weighted by Crippen LogP contribution is 2.06.